The summed E-state index contributed by atoms with van der Waals surface area (Å²) in [6.45, 7) is 0. The highest BCUT2D eigenvalue weighted by Crippen LogP contribution is 2.28. The summed E-state index contributed by atoms with van der Waals surface area (Å²) in [4.78, 5) is 20.5. The van der Waals surface area contributed by atoms with Gasteiger partial charge in [-0.1, -0.05) is 0 Å². The number of benzene rings is 1. The number of nitrogens with one attached hydrogen (secondary N) is 2. The molecule has 0 saturated heterocycles. The van der Waals surface area contributed by atoms with Gasteiger partial charge in [0.15, 0.2) is 0 Å². The SMILES string of the molecule is COC(=O)NS(=O)(=O)Nc1cc([N+](=O)[O-])ccc1O. The van der Waals surface area contributed by atoms with E-state index in [1.54, 1.807) is 4.72 Å². The number of anilines is 1. The minimum Gasteiger partial charge on any atom is -0.506 e. The average molecular weight is 291 g/mol. The summed E-state index contributed by atoms with van der Waals surface area (Å²) in [5.41, 5.74) is -0.890. The Labute approximate surface area is 107 Å². The number of phenolic OH excluding ortho intramolecular Hbond substituents is 1. The number of hydrogen-bond donors (Lipinski definition) is 3. The van der Waals surface area contributed by atoms with Gasteiger partial charge in [-0.05, 0) is 6.07 Å². The molecule has 0 fully saturated rings. The largest absolute Gasteiger partial charge is 0.506 e. The Hall–Kier alpha value is -2.56. The maximum atomic E-state index is 11.4. The summed E-state index contributed by atoms with van der Waals surface area (Å²) in [6.07, 6.45) is -1.25. The van der Waals surface area contributed by atoms with E-state index in [1.165, 1.54) is 4.72 Å². The number of phenols is 1. The molecule has 3 N–H and O–H groups in total. The number of nitro benzene ring substituents is 1. The molecule has 0 saturated carbocycles. The fourth-order valence-electron chi connectivity index (χ4n) is 1.04. The Bertz CT molecular complexity index is 613. The van der Waals surface area contributed by atoms with Crippen LogP contribution in [-0.4, -0.2) is 31.7 Å². The number of aromatic hydroxyl groups is 1. The molecule has 0 aliphatic heterocycles. The number of nitrogens with zero attached hydrogens (tertiary/aromatic N) is 1. The predicted molar refractivity (Wildman–Crippen MR) is 62.8 cm³/mol. The van der Waals surface area contributed by atoms with Crippen LogP contribution < -0.4 is 9.44 Å². The van der Waals surface area contributed by atoms with Gasteiger partial charge in [-0.3, -0.25) is 14.8 Å². The van der Waals surface area contributed by atoms with Crippen LogP contribution in [0.2, 0.25) is 0 Å². The van der Waals surface area contributed by atoms with Crippen LogP contribution in [0.25, 0.3) is 0 Å². The first-order valence-electron chi connectivity index (χ1n) is 4.61. The molecule has 0 atom stereocenters. The molecule has 0 bridgehead atoms. The van der Waals surface area contributed by atoms with E-state index in [9.17, 15) is 28.4 Å². The molecule has 0 heterocycles. The zero-order chi connectivity index (χ0) is 14.6. The van der Waals surface area contributed by atoms with Gasteiger partial charge in [0, 0.05) is 12.1 Å². The van der Waals surface area contributed by atoms with Crippen LogP contribution >= 0.6 is 0 Å². The number of nitro groups is 1. The van der Waals surface area contributed by atoms with Crippen LogP contribution in [0.3, 0.4) is 0 Å². The van der Waals surface area contributed by atoms with Crippen LogP contribution in [0.4, 0.5) is 16.2 Å². The third-order valence-corrected chi connectivity index (χ3v) is 2.76. The molecule has 0 radical (unpaired) electrons. The summed E-state index contributed by atoms with van der Waals surface area (Å²) in [5, 5.41) is 19.9. The van der Waals surface area contributed by atoms with Crippen molar-refractivity contribution >= 4 is 27.7 Å². The third-order valence-electron chi connectivity index (χ3n) is 1.84. The Morgan fingerprint density at radius 2 is 2.11 bits per heavy atom. The Balaban J connectivity index is 3.02. The van der Waals surface area contributed by atoms with Crippen molar-refractivity contribution in [3.63, 3.8) is 0 Å². The molecule has 11 heteroatoms. The number of carbonyl (C=O) groups excluding carboxylic acids is 1. The van der Waals surface area contributed by atoms with E-state index in [2.05, 4.69) is 4.74 Å². The Morgan fingerprint density at radius 3 is 2.63 bits per heavy atom. The second kappa shape index (κ2) is 5.39. The predicted octanol–water partition coefficient (Wildman–Crippen LogP) is 0.313. The van der Waals surface area contributed by atoms with Crippen molar-refractivity contribution in [2.24, 2.45) is 0 Å². The number of hydrogen-bond acceptors (Lipinski definition) is 7. The zero-order valence-corrected chi connectivity index (χ0v) is 10.3. The fourth-order valence-corrected chi connectivity index (χ4v) is 1.85. The summed E-state index contributed by atoms with van der Waals surface area (Å²) >= 11 is 0. The van der Waals surface area contributed by atoms with Gasteiger partial charge < -0.3 is 9.84 Å². The number of rotatable bonds is 4. The van der Waals surface area contributed by atoms with Crippen molar-refractivity contribution in [2.45, 2.75) is 0 Å². The number of amides is 1. The van der Waals surface area contributed by atoms with Crippen LogP contribution in [-0.2, 0) is 14.9 Å². The number of ether oxygens (including phenoxy) is 1. The second-order valence-corrected chi connectivity index (χ2v) is 4.57. The average Bonchev–Trinajstić information content (AvgIpc) is 2.30. The van der Waals surface area contributed by atoms with Crippen LogP contribution in [0.15, 0.2) is 18.2 Å². The van der Waals surface area contributed by atoms with Gasteiger partial charge in [-0.2, -0.15) is 8.42 Å². The van der Waals surface area contributed by atoms with E-state index in [-0.39, 0.29) is 0 Å². The van der Waals surface area contributed by atoms with Crippen molar-refractivity contribution in [1.29, 1.82) is 0 Å². The lowest BCUT2D eigenvalue weighted by atomic mass is 10.2. The van der Waals surface area contributed by atoms with Crippen molar-refractivity contribution in [3.05, 3.63) is 28.3 Å². The van der Waals surface area contributed by atoms with Gasteiger partial charge >= 0.3 is 16.3 Å². The molecular formula is C8H9N3O7S. The van der Waals surface area contributed by atoms with Crippen LogP contribution in [0.1, 0.15) is 0 Å². The molecule has 0 aliphatic carbocycles. The van der Waals surface area contributed by atoms with Gasteiger partial charge in [0.1, 0.15) is 5.75 Å². The van der Waals surface area contributed by atoms with E-state index < -0.39 is 38.4 Å². The van der Waals surface area contributed by atoms with Crippen LogP contribution in [0.5, 0.6) is 5.75 Å². The quantitative estimate of drug-likeness (QED) is 0.410. The first-order valence-corrected chi connectivity index (χ1v) is 6.09. The summed E-state index contributed by atoms with van der Waals surface area (Å²) < 4.78 is 30.1. The minimum atomic E-state index is -4.37. The van der Waals surface area contributed by atoms with Gasteiger partial charge in [-0.15, -0.1) is 0 Å². The molecule has 10 nitrogen and oxygen atoms in total. The maximum absolute atomic E-state index is 11.4. The molecule has 19 heavy (non-hydrogen) atoms. The Kier molecular flexibility index (Phi) is 4.11. The minimum absolute atomic E-state index is 0.437. The second-order valence-electron chi connectivity index (χ2n) is 3.16. The standard InChI is InChI=1S/C8H9N3O7S/c1-18-8(13)10-19(16,17)9-6-4-5(11(14)15)2-3-7(6)12/h2-4,9,12H,1H3,(H,10,13). The van der Waals surface area contributed by atoms with E-state index >= 15 is 0 Å². The lowest BCUT2D eigenvalue weighted by Crippen LogP contribution is -2.35. The molecule has 1 amide bonds. The van der Waals surface area contributed by atoms with Gasteiger partial charge in [-0.25, -0.2) is 9.52 Å². The molecule has 0 unspecified atom stereocenters. The molecule has 1 aromatic carbocycles. The number of non-ortho nitro benzene ring substituents is 1. The van der Waals surface area contributed by atoms with E-state index in [1.807, 2.05) is 0 Å². The summed E-state index contributed by atoms with van der Waals surface area (Å²) in [7, 11) is -3.41. The Morgan fingerprint density at radius 1 is 1.47 bits per heavy atom. The third kappa shape index (κ3) is 3.99. The maximum Gasteiger partial charge on any atom is 0.422 e. The first kappa shape index (κ1) is 14.5. The lowest BCUT2D eigenvalue weighted by molar-refractivity contribution is -0.384. The molecule has 0 aromatic heterocycles. The van der Waals surface area contributed by atoms with Crippen molar-refractivity contribution < 1.29 is 28.0 Å². The summed E-state index contributed by atoms with van der Waals surface area (Å²) in [5.74, 6) is -0.541. The van der Waals surface area contributed by atoms with Crippen molar-refractivity contribution in [3.8, 4) is 5.75 Å². The zero-order valence-electron chi connectivity index (χ0n) is 9.48. The highest BCUT2D eigenvalue weighted by Gasteiger charge is 2.18. The molecule has 0 aliphatic rings. The monoisotopic (exact) mass is 291 g/mol. The molecule has 104 valence electrons. The highest BCUT2D eigenvalue weighted by molar-refractivity contribution is 7.91. The fraction of sp³-hybridized carbons (Fsp3) is 0.125. The summed E-state index contributed by atoms with van der Waals surface area (Å²) in [6, 6.07) is 2.72. The number of carbonyl (C=O) groups is 1. The normalized spacial score (nSPS) is 10.6. The number of methoxy groups -OCH3 is 1. The van der Waals surface area contributed by atoms with Gasteiger partial charge in [0.2, 0.25) is 0 Å². The smallest absolute Gasteiger partial charge is 0.422 e. The van der Waals surface area contributed by atoms with E-state index in [0.29, 0.717) is 0 Å². The highest BCUT2D eigenvalue weighted by atomic mass is 32.2. The molecule has 1 rings (SSSR count). The molecule has 1 aromatic rings. The van der Waals surface area contributed by atoms with Gasteiger partial charge in [0.25, 0.3) is 5.69 Å². The first-order chi connectivity index (χ1) is 8.75. The van der Waals surface area contributed by atoms with E-state index in [4.69, 9.17) is 0 Å². The van der Waals surface area contributed by atoms with Gasteiger partial charge in [0.05, 0.1) is 17.7 Å². The topological polar surface area (TPSA) is 148 Å². The van der Waals surface area contributed by atoms with Crippen LogP contribution in [0, 0.1) is 10.1 Å². The molecule has 0 spiro atoms. The lowest BCUT2D eigenvalue weighted by Gasteiger charge is -2.09. The molecular weight excluding hydrogens is 282 g/mol. The van der Waals surface area contributed by atoms with E-state index in [0.717, 1.165) is 25.3 Å². The van der Waals surface area contributed by atoms with Crippen molar-refractivity contribution in [2.75, 3.05) is 11.8 Å². The van der Waals surface area contributed by atoms with Crippen molar-refractivity contribution in [1.82, 2.24) is 4.72 Å².